The van der Waals surface area contributed by atoms with Crippen molar-refractivity contribution in [1.29, 1.82) is 0 Å². The molecule has 2 aliphatic rings. The molecular formula is C45H56N8O7. The summed E-state index contributed by atoms with van der Waals surface area (Å²) in [4.78, 5) is 90.9. The number of aromatic amines is 1. The van der Waals surface area contributed by atoms with Crippen molar-refractivity contribution < 1.29 is 33.9 Å². The predicted molar refractivity (Wildman–Crippen MR) is 226 cm³/mol. The molecule has 0 spiro atoms. The lowest BCUT2D eigenvalue weighted by Gasteiger charge is -2.32. The van der Waals surface area contributed by atoms with Gasteiger partial charge < -0.3 is 47.3 Å². The first kappa shape index (κ1) is 43.4. The molecule has 1 aromatic heterocycles. The van der Waals surface area contributed by atoms with Crippen LogP contribution in [0.15, 0.2) is 85.1 Å². The van der Waals surface area contributed by atoms with Crippen LogP contribution < -0.4 is 32.3 Å². The van der Waals surface area contributed by atoms with Crippen LogP contribution in [0, 0.1) is 5.92 Å². The number of benzene rings is 3. The molecule has 15 heteroatoms. The topological polar surface area (TPSA) is 228 Å². The molecular weight excluding hydrogens is 765 g/mol. The van der Waals surface area contributed by atoms with Crippen molar-refractivity contribution in [3.05, 3.63) is 102 Å². The Balaban J connectivity index is 1.40. The Morgan fingerprint density at radius 2 is 1.23 bits per heavy atom. The largest absolute Gasteiger partial charge is 0.508 e. The molecule has 2 aliphatic heterocycles. The Morgan fingerprint density at radius 3 is 1.95 bits per heavy atom. The number of H-pyrrole nitrogens is 1. The first-order valence-electron chi connectivity index (χ1n) is 20.8. The number of phenols is 1. The van der Waals surface area contributed by atoms with Gasteiger partial charge in [0.1, 0.15) is 42.0 Å². The number of rotatable bonds is 11. The Labute approximate surface area is 349 Å². The van der Waals surface area contributed by atoms with Gasteiger partial charge in [0.15, 0.2) is 0 Å². The molecule has 9 N–H and O–H groups in total. The van der Waals surface area contributed by atoms with Crippen molar-refractivity contribution in [2.45, 2.75) is 101 Å². The van der Waals surface area contributed by atoms with E-state index in [1.165, 1.54) is 17.0 Å². The zero-order valence-electron chi connectivity index (χ0n) is 34.1. The Morgan fingerprint density at radius 1 is 0.667 bits per heavy atom. The molecule has 2 fully saturated rings. The van der Waals surface area contributed by atoms with Crippen molar-refractivity contribution in [2.75, 3.05) is 13.1 Å². The van der Waals surface area contributed by atoms with E-state index in [0.29, 0.717) is 24.8 Å². The van der Waals surface area contributed by atoms with E-state index < -0.39 is 71.7 Å². The minimum absolute atomic E-state index is 0.0294. The molecule has 15 nitrogen and oxygen atoms in total. The number of hydrogen-bond acceptors (Lipinski definition) is 8. The number of nitrogens with zero attached hydrogens (tertiary/aromatic N) is 1. The fourth-order valence-corrected chi connectivity index (χ4v) is 8.01. The molecule has 0 aliphatic carbocycles. The highest BCUT2D eigenvalue weighted by Crippen LogP contribution is 2.23. The first-order valence-corrected chi connectivity index (χ1v) is 20.8. The molecule has 6 rings (SSSR count). The number of phenolic OH excluding ortho intramolecular Hbond substituents is 1. The van der Waals surface area contributed by atoms with Crippen molar-refractivity contribution >= 4 is 46.3 Å². The number of carbonyl (C=O) groups is 6. The van der Waals surface area contributed by atoms with Crippen LogP contribution in [-0.2, 0) is 48.0 Å². The number of aromatic hydroxyl groups is 1. The van der Waals surface area contributed by atoms with E-state index in [-0.39, 0.29) is 56.9 Å². The number of para-hydroxylation sites is 1. The van der Waals surface area contributed by atoms with E-state index in [9.17, 15) is 33.9 Å². The van der Waals surface area contributed by atoms with Crippen LogP contribution in [-0.4, -0.2) is 99.8 Å². The lowest BCUT2D eigenvalue weighted by atomic mass is 9.99. The summed E-state index contributed by atoms with van der Waals surface area (Å²) in [5, 5.41) is 25.2. The third-order valence-electron chi connectivity index (χ3n) is 11.1. The number of hydrogen-bond donors (Lipinski definition) is 8. The maximum absolute atomic E-state index is 14.6. The molecule has 2 saturated heterocycles. The van der Waals surface area contributed by atoms with Gasteiger partial charge >= 0.3 is 0 Å². The fraction of sp³-hybridized carbons (Fsp3) is 0.422. The molecule has 6 amide bonds. The average molecular weight is 821 g/mol. The van der Waals surface area contributed by atoms with Gasteiger partial charge in [-0.15, -0.1) is 0 Å². The number of nitrogens with one attached hydrogen (secondary N) is 6. The normalized spacial score (nSPS) is 23.6. The van der Waals surface area contributed by atoms with Crippen molar-refractivity contribution in [3.63, 3.8) is 0 Å². The quantitative estimate of drug-likeness (QED) is 0.112. The first-order chi connectivity index (χ1) is 28.9. The van der Waals surface area contributed by atoms with Crippen LogP contribution in [0.4, 0.5) is 0 Å². The highest BCUT2D eigenvalue weighted by atomic mass is 16.3. The number of carbonyl (C=O) groups excluding carboxylic acids is 6. The number of nitrogens with two attached hydrogens (primary N) is 1. The SMILES string of the molecule is CC(C)C[C@@H]1NC(=O)[C@H](CCCN)NC(=O)[C@@H](Cc2ccccc2)NC(=O)[C@H](Cc2c[nH]c3ccccc23)NC(=O)[C@@H]2CCCN2C(=O)[C@@H](Cc2ccc(O)cc2)NC1=O. The minimum atomic E-state index is -1.18. The summed E-state index contributed by atoms with van der Waals surface area (Å²) in [5.41, 5.74) is 8.84. The Kier molecular flexibility index (Phi) is 14.6. The highest BCUT2D eigenvalue weighted by molar-refractivity contribution is 5.99. The number of fused-ring (bicyclic) bond motifs is 2. The molecule has 0 bridgehead atoms. The van der Waals surface area contributed by atoms with Gasteiger partial charge in [-0.2, -0.15) is 0 Å². The summed E-state index contributed by atoms with van der Waals surface area (Å²) in [6, 6.07) is 16.2. The summed E-state index contributed by atoms with van der Waals surface area (Å²) in [5.74, 6) is -3.55. The van der Waals surface area contributed by atoms with Gasteiger partial charge in [-0.3, -0.25) is 28.8 Å². The molecule has 318 valence electrons. The van der Waals surface area contributed by atoms with Crippen molar-refractivity contribution in [1.82, 2.24) is 36.5 Å². The molecule has 6 atom stereocenters. The van der Waals surface area contributed by atoms with E-state index in [1.807, 2.05) is 68.4 Å². The van der Waals surface area contributed by atoms with Gasteiger partial charge in [0.05, 0.1) is 0 Å². The maximum atomic E-state index is 14.6. The maximum Gasteiger partial charge on any atom is 0.246 e. The lowest BCUT2D eigenvalue weighted by Crippen LogP contribution is -2.62. The Hall–Kier alpha value is -6.22. The third kappa shape index (κ3) is 11.1. The molecule has 3 aromatic carbocycles. The smallest absolute Gasteiger partial charge is 0.246 e. The van der Waals surface area contributed by atoms with Crippen LogP contribution in [0.3, 0.4) is 0 Å². The summed E-state index contributed by atoms with van der Waals surface area (Å²) < 4.78 is 0. The highest BCUT2D eigenvalue weighted by Gasteiger charge is 2.41. The second kappa shape index (κ2) is 20.2. The van der Waals surface area contributed by atoms with Gasteiger partial charge in [-0.25, -0.2) is 0 Å². The zero-order chi connectivity index (χ0) is 42.8. The van der Waals surface area contributed by atoms with Crippen LogP contribution in [0.5, 0.6) is 5.75 Å². The van der Waals surface area contributed by atoms with E-state index in [0.717, 1.165) is 22.0 Å². The van der Waals surface area contributed by atoms with E-state index in [2.05, 4.69) is 31.6 Å². The van der Waals surface area contributed by atoms with Crippen LogP contribution in [0.1, 0.15) is 62.6 Å². The van der Waals surface area contributed by atoms with Gasteiger partial charge in [0.2, 0.25) is 35.4 Å². The van der Waals surface area contributed by atoms with Crippen molar-refractivity contribution in [2.24, 2.45) is 11.7 Å². The summed E-state index contributed by atoms with van der Waals surface area (Å²) in [6.45, 7) is 4.25. The van der Waals surface area contributed by atoms with E-state index in [4.69, 9.17) is 5.73 Å². The lowest BCUT2D eigenvalue weighted by molar-refractivity contribution is -0.142. The average Bonchev–Trinajstić information content (AvgIpc) is 3.89. The summed E-state index contributed by atoms with van der Waals surface area (Å²) in [7, 11) is 0. The molecule has 60 heavy (non-hydrogen) atoms. The molecule has 4 aromatic rings. The monoisotopic (exact) mass is 820 g/mol. The minimum Gasteiger partial charge on any atom is -0.508 e. The van der Waals surface area contributed by atoms with E-state index >= 15 is 0 Å². The van der Waals surface area contributed by atoms with Gasteiger partial charge in [0, 0.05) is 42.9 Å². The van der Waals surface area contributed by atoms with Crippen LogP contribution in [0.2, 0.25) is 0 Å². The molecule has 3 heterocycles. The summed E-state index contributed by atoms with van der Waals surface area (Å²) in [6.07, 6.45) is 3.48. The second-order valence-corrected chi connectivity index (χ2v) is 16.2. The molecule has 0 saturated carbocycles. The van der Waals surface area contributed by atoms with E-state index in [1.54, 1.807) is 18.3 Å². The van der Waals surface area contributed by atoms with Crippen molar-refractivity contribution in [3.8, 4) is 5.75 Å². The number of aromatic nitrogens is 1. The fourth-order valence-electron chi connectivity index (χ4n) is 8.01. The molecule has 0 radical (unpaired) electrons. The standard InChI is InChI=1S/C45H56N8O7/c1-27(2)22-35-41(56)52-38(24-29-16-18-31(54)19-17-29)45(60)53-21-9-15-39(53)44(59)51-37(25-30-26-47-33-13-7-6-12-32(30)33)43(58)50-36(23-28-10-4-3-5-11-28)42(57)48-34(14-8-20-46)40(55)49-35/h3-7,10-13,16-19,26-27,34-39,47,54H,8-9,14-15,20-25,46H2,1-2H3,(H,48,57)(H,49,55)(H,50,58)(H,51,59)(H,52,56)/t34-,35-,36+,37-,38+,39-/m0/s1. The van der Waals surface area contributed by atoms with Gasteiger partial charge in [-0.1, -0.05) is 74.5 Å². The zero-order valence-corrected chi connectivity index (χ0v) is 34.1. The predicted octanol–water partition coefficient (Wildman–Crippen LogP) is 2.12. The van der Waals surface area contributed by atoms with Gasteiger partial charge in [-0.05, 0) is 79.5 Å². The second-order valence-electron chi connectivity index (χ2n) is 16.2. The van der Waals surface area contributed by atoms with Gasteiger partial charge in [0.25, 0.3) is 0 Å². The molecule has 0 unspecified atom stereocenters. The third-order valence-corrected chi connectivity index (χ3v) is 11.1. The van der Waals surface area contributed by atoms with Crippen LogP contribution in [0.25, 0.3) is 10.9 Å². The van der Waals surface area contributed by atoms with Crippen LogP contribution >= 0.6 is 0 Å². The number of amides is 6. The summed E-state index contributed by atoms with van der Waals surface area (Å²) >= 11 is 0. The Bertz CT molecular complexity index is 2140.